The number of ether oxygens (including phenoxy) is 1. The number of H-pyrrole nitrogens is 1. The number of hydrogen-bond acceptors (Lipinski definition) is 7. The van der Waals surface area contributed by atoms with Crippen molar-refractivity contribution in [3.8, 4) is 0 Å². The van der Waals surface area contributed by atoms with Crippen LogP contribution in [0, 0.1) is 6.92 Å². The van der Waals surface area contributed by atoms with E-state index in [0.717, 1.165) is 16.7 Å². The number of aliphatic imine (C=N–C) groups is 3. The number of aromatic nitrogens is 1. The Labute approximate surface area is 256 Å². The fraction of sp³-hybridized carbons (Fsp3) is 0.324. The number of allylic oxidation sites excluding steroid dienone is 8. The number of nitrogens with zero attached hydrogens (tertiary/aromatic N) is 3. The zero-order chi connectivity index (χ0) is 32.5. The zero-order valence-electron chi connectivity index (χ0n) is 25.7. The molecular weight excluding hydrogens is 585 g/mol. The van der Waals surface area contributed by atoms with Crippen molar-refractivity contribution in [3.63, 3.8) is 0 Å². The minimum atomic E-state index is -4.99. The molecule has 45 heavy (non-hydrogen) atoms. The first kappa shape index (κ1) is 30.2. The van der Waals surface area contributed by atoms with Gasteiger partial charge < -0.3 is 14.8 Å². The third-order valence-corrected chi connectivity index (χ3v) is 8.98. The van der Waals surface area contributed by atoms with Crippen molar-refractivity contribution >= 4 is 46.8 Å². The molecule has 0 saturated carbocycles. The number of Topliss-reactive ketones (excluding diaryl/α,β-unsaturated/α-hetero) is 1. The van der Waals surface area contributed by atoms with Gasteiger partial charge in [0, 0.05) is 29.7 Å². The number of aliphatic hydroxyl groups is 1. The number of rotatable bonds is 4. The van der Waals surface area contributed by atoms with Gasteiger partial charge in [0.15, 0.2) is 5.78 Å². The Bertz CT molecular complexity index is 2050. The molecule has 0 amide bonds. The fourth-order valence-corrected chi connectivity index (χ4v) is 6.50. The Kier molecular flexibility index (Phi) is 7.17. The quantitative estimate of drug-likeness (QED) is 0.436. The summed E-state index contributed by atoms with van der Waals surface area (Å²) < 4.78 is 46.6. The number of fused-ring (bicyclic) bond motifs is 5. The van der Waals surface area contributed by atoms with Crippen molar-refractivity contribution in [2.24, 2.45) is 15.0 Å². The summed E-state index contributed by atoms with van der Waals surface area (Å²) >= 11 is 0. The van der Waals surface area contributed by atoms with E-state index in [9.17, 15) is 27.9 Å². The zero-order valence-corrected chi connectivity index (χ0v) is 25.7. The van der Waals surface area contributed by atoms with Gasteiger partial charge in [-0.05, 0) is 92.2 Å². The minimum absolute atomic E-state index is 0.0528. The lowest BCUT2D eigenvalue weighted by Crippen LogP contribution is -2.33. The second kappa shape index (κ2) is 10.7. The molecule has 0 aromatic carbocycles. The third-order valence-electron chi connectivity index (χ3n) is 8.98. The minimum Gasteiger partial charge on any atom is -0.504 e. The second-order valence-corrected chi connectivity index (χ2v) is 11.5. The van der Waals surface area contributed by atoms with Crippen LogP contribution >= 0.6 is 0 Å². The van der Waals surface area contributed by atoms with Crippen molar-refractivity contribution in [3.05, 3.63) is 84.0 Å². The largest absolute Gasteiger partial charge is 0.504 e. The number of halogens is 3. The summed E-state index contributed by atoms with van der Waals surface area (Å²) in [6.45, 7) is 8.98. The highest BCUT2D eigenvalue weighted by atomic mass is 19.4. The third kappa shape index (κ3) is 4.81. The van der Waals surface area contributed by atoms with E-state index in [0.29, 0.717) is 68.6 Å². The topological polar surface area (TPSA) is 116 Å². The van der Waals surface area contributed by atoms with Crippen molar-refractivity contribution in [2.75, 3.05) is 7.11 Å². The van der Waals surface area contributed by atoms with E-state index in [2.05, 4.69) is 4.98 Å². The first-order valence-electron chi connectivity index (χ1n) is 14.6. The molecule has 11 heteroatoms. The van der Waals surface area contributed by atoms with E-state index < -0.39 is 17.9 Å². The van der Waals surface area contributed by atoms with Gasteiger partial charge in [-0.15, -0.1) is 0 Å². The molecule has 1 aliphatic carbocycles. The van der Waals surface area contributed by atoms with E-state index in [1.165, 1.54) is 20.1 Å². The number of esters is 1. The van der Waals surface area contributed by atoms with Crippen LogP contribution in [0.3, 0.4) is 0 Å². The summed E-state index contributed by atoms with van der Waals surface area (Å²) in [5, 5.41) is 10.1. The molecule has 8 nitrogen and oxygen atoms in total. The smallest absolute Gasteiger partial charge is 0.449 e. The first-order chi connectivity index (χ1) is 21.2. The van der Waals surface area contributed by atoms with Crippen LogP contribution in [-0.4, -0.2) is 52.3 Å². The molecule has 0 atom stereocenters. The highest BCUT2D eigenvalue weighted by Crippen LogP contribution is 2.43. The number of carbonyl (C=O) groups is 2. The highest BCUT2D eigenvalue weighted by Gasteiger charge is 2.39. The van der Waals surface area contributed by atoms with E-state index in [-0.39, 0.29) is 41.2 Å². The van der Waals surface area contributed by atoms with Crippen LogP contribution in [0.25, 0.3) is 17.9 Å². The van der Waals surface area contributed by atoms with Crippen LogP contribution in [0.5, 0.6) is 0 Å². The number of hydrogen-bond donors (Lipinski definition) is 2. The number of carbonyl (C=O) groups excluding carboxylic acids is 2. The van der Waals surface area contributed by atoms with Crippen molar-refractivity contribution < 1.29 is 32.6 Å². The summed E-state index contributed by atoms with van der Waals surface area (Å²) in [5.41, 5.74) is 8.62. The van der Waals surface area contributed by atoms with Gasteiger partial charge in [0.1, 0.15) is 0 Å². The molecule has 0 unspecified atom stereocenters. The number of nitrogens with one attached hydrogen (secondary N) is 1. The van der Waals surface area contributed by atoms with Gasteiger partial charge >= 0.3 is 12.1 Å². The molecule has 5 aliphatic rings. The predicted octanol–water partition coefficient (Wildman–Crippen LogP) is 5.47. The van der Waals surface area contributed by atoms with Crippen LogP contribution in [-0.2, 0) is 14.3 Å². The Morgan fingerprint density at radius 3 is 2.36 bits per heavy atom. The molecule has 6 rings (SSSR count). The molecule has 1 aromatic heterocycles. The number of methoxy groups -OCH3 is 1. The predicted molar refractivity (Wildman–Crippen MR) is 166 cm³/mol. The summed E-state index contributed by atoms with van der Waals surface area (Å²) in [7, 11) is 1.31. The van der Waals surface area contributed by atoms with Crippen molar-refractivity contribution in [2.45, 2.75) is 66.5 Å². The Hall–Kier alpha value is -4.80. The Morgan fingerprint density at radius 1 is 0.978 bits per heavy atom. The summed E-state index contributed by atoms with van der Waals surface area (Å²) in [4.78, 5) is 43.2. The SMILES string of the molecule is CCC1=C(C)C2=NC1=CC1=NC3=C(CC(=O)C3=C1C)C1=NC(=Cc3[nH]c(/c(=C(\O)C(F)(F)F)c3C)=C2)C(C)=C1CCC(=O)OC. The molecule has 5 heterocycles. The number of aromatic amines is 1. The van der Waals surface area contributed by atoms with Crippen molar-refractivity contribution in [1.82, 2.24) is 4.98 Å². The first-order valence-corrected chi connectivity index (χ1v) is 14.6. The van der Waals surface area contributed by atoms with Crippen LogP contribution in [0.2, 0.25) is 0 Å². The maximum absolute atomic E-state index is 13.9. The van der Waals surface area contributed by atoms with Gasteiger partial charge in [0.2, 0.25) is 5.76 Å². The molecule has 0 spiro atoms. The van der Waals surface area contributed by atoms with E-state index in [1.54, 1.807) is 12.2 Å². The van der Waals surface area contributed by atoms with Crippen LogP contribution in [0.15, 0.2) is 77.2 Å². The number of alkyl halides is 3. The monoisotopic (exact) mass is 616 g/mol. The maximum Gasteiger partial charge on any atom is 0.449 e. The summed E-state index contributed by atoms with van der Waals surface area (Å²) in [5.74, 6) is -2.21. The molecule has 0 saturated heterocycles. The molecule has 8 bridgehead atoms. The van der Waals surface area contributed by atoms with Crippen LogP contribution in [0.4, 0.5) is 13.2 Å². The van der Waals surface area contributed by atoms with Gasteiger partial charge in [0.05, 0.1) is 51.9 Å². The standard InChI is InChI=1S/C34H31F3N4O4/c1-7-18-14(2)21-13-26-29(33(44)34(35,36)37)16(4)23(39-26)11-22-15(3)19(8-9-28(43)45-6)31(40-22)20-10-27(42)30-17(5)24(41-32(20)30)12-25(18)38-21/h11-13,39,44H,7-10H2,1-6H3/b22-11?,25-12?,26-13?,33-29-. The van der Waals surface area contributed by atoms with E-state index in [4.69, 9.17) is 19.7 Å². The average Bonchev–Trinajstić information content (AvgIpc) is 3.73. The van der Waals surface area contributed by atoms with Crippen LogP contribution in [0.1, 0.15) is 64.6 Å². The van der Waals surface area contributed by atoms with Crippen molar-refractivity contribution in [1.29, 1.82) is 0 Å². The Balaban J connectivity index is 1.71. The lowest BCUT2D eigenvalue weighted by atomic mass is 9.95. The van der Waals surface area contributed by atoms with E-state index >= 15 is 0 Å². The molecule has 4 aliphatic heterocycles. The average molecular weight is 617 g/mol. The molecule has 0 radical (unpaired) electrons. The second-order valence-electron chi connectivity index (χ2n) is 11.5. The number of ketones is 1. The van der Waals surface area contributed by atoms with Crippen LogP contribution < -0.4 is 10.6 Å². The molecule has 1 aromatic rings. The van der Waals surface area contributed by atoms with Gasteiger partial charge in [-0.2, -0.15) is 13.2 Å². The fourth-order valence-electron chi connectivity index (χ4n) is 6.50. The number of aliphatic hydroxyl groups excluding tert-OH is 1. The van der Waals surface area contributed by atoms with Gasteiger partial charge in [0.25, 0.3) is 0 Å². The van der Waals surface area contributed by atoms with E-state index in [1.807, 2.05) is 27.7 Å². The summed E-state index contributed by atoms with van der Waals surface area (Å²) in [6, 6.07) is 0. The lowest BCUT2D eigenvalue weighted by molar-refractivity contribution is -0.140. The van der Waals surface area contributed by atoms with Gasteiger partial charge in [-0.3, -0.25) is 9.59 Å². The summed E-state index contributed by atoms with van der Waals surface area (Å²) in [6.07, 6.45) is 0.983. The molecular formula is C34H31F3N4O4. The molecule has 232 valence electrons. The lowest BCUT2D eigenvalue weighted by Gasteiger charge is -2.09. The van der Waals surface area contributed by atoms with Gasteiger partial charge in [-0.1, -0.05) is 6.92 Å². The highest BCUT2D eigenvalue weighted by molar-refractivity contribution is 6.29. The molecule has 0 fully saturated rings. The Morgan fingerprint density at radius 2 is 1.69 bits per heavy atom. The normalized spacial score (nSPS) is 20.0. The maximum atomic E-state index is 13.9. The molecule has 2 N–H and O–H groups in total. The van der Waals surface area contributed by atoms with Gasteiger partial charge in [-0.25, -0.2) is 15.0 Å².